The van der Waals surface area contributed by atoms with Crippen LogP contribution in [-0.2, 0) is 0 Å². The van der Waals surface area contributed by atoms with Gasteiger partial charge in [-0.3, -0.25) is 15.1 Å². The number of nitrogens with zero attached hydrogens (tertiary/aromatic N) is 3. The van der Waals surface area contributed by atoms with Gasteiger partial charge in [-0.15, -0.1) is 0 Å². The van der Waals surface area contributed by atoms with Crippen LogP contribution in [0.3, 0.4) is 0 Å². The van der Waals surface area contributed by atoms with Crippen LogP contribution >= 0.6 is 0 Å². The maximum absolute atomic E-state index is 10.6. The van der Waals surface area contributed by atoms with Gasteiger partial charge >= 0.3 is 0 Å². The van der Waals surface area contributed by atoms with Crippen molar-refractivity contribution in [2.75, 3.05) is 5.73 Å². The number of nitrogen functional groups attached to an aromatic ring is 1. The number of hydrogen-bond donors (Lipinski definition) is 1. The second-order valence-corrected chi connectivity index (χ2v) is 3.13. The molecule has 0 aliphatic rings. The summed E-state index contributed by atoms with van der Waals surface area (Å²) in [5.74, 6) is 0.119. The van der Waals surface area contributed by atoms with Gasteiger partial charge in [0.25, 0.3) is 5.69 Å². The molecule has 0 aromatic carbocycles. The number of nitro groups is 1. The van der Waals surface area contributed by atoms with E-state index in [1.165, 1.54) is 12.1 Å². The lowest BCUT2D eigenvalue weighted by Gasteiger charge is -2.01. The normalized spacial score (nSPS) is 10.0. The van der Waals surface area contributed by atoms with E-state index < -0.39 is 4.92 Å². The van der Waals surface area contributed by atoms with Crippen LogP contribution < -0.4 is 5.73 Å². The smallest absolute Gasteiger partial charge is 0.275 e. The van der Waals surface area contributed by atoms with E-state index >= 15 is 0 Å². The summed E-state index contributed by atoms with van der Waals surface area (Å²) in [6.45, 7) is 0. The predicted molar refractivity (Wildman–Crippen MR) is 58.5 cm³/mol. The summed E-state index contributed by atoms with van der Waals surface area (Å²) in [4.78, 5) is 18.1. The molecule has 2 aromatic heterocycles. The van der Waals surface area contributed by atoms with Crippen molar-refractivity contribution in [2.45, 2.75) is 0 Å². The molecule has 0 saturated carbocycles. The largest absolute Gasteiger partial charge is 0.383 e. The lowest BCUT2D eigenvalue weighted by Crippen LogP contribution is -1.96. The molecule has 2 heterocycles. The number of rotatable bonds is 2. The minimum atomic E-state index is -0.502. The second kappa shape index (κ2) is 3.93. The standard InChI is InChI=1S/C10H8N4O2/c11-10-5-8(14(15)16)4-9(13-10)7-2-1-3-12-6-7/h1-6H,(H2,11,13). The van der Waals surface area contributed by atoms with Crippen molar-refractivity contribution in [2.24, 2.45) is 0 Å². The van der Waals surface area contributed by atoms with E-state index in [0.717, 1.165) is 0 Å². The fourth-order valence-corrected chi connectivity index (χ4v) is 1.30. The fraction of sp³-hybridized carbons (Fsp3) is 0. The molecule has 0 radical (unpaired) electrons. The average molecular weight is 216 g/mol. The summed E-state index contributed by atoms with van der Waals surface area (Å²) in [5.41, 5.74) is 6.56. The highest BCUT2D eigenvalue weighted by molar-refractivity contribution is 5.63. The average Bonchev–Trinajstić information content (AvgIpc) is 2.29. The zero-order valence-electron chi connectivity index (χ0n) is 8.20. The number of pyridine rings is 2. The Kier molecular flexibility index (Phi) is 2.47. The quantitative estimate of drug-likeness (QED) is 0.608. The molecule has 2 aromatic rings. The summed E-state index contributed by atoms with van der Waals surface area (Å²) in [7, 11) is 0. The van der Waals surface area contributed by atoms with Crippen LogP contribution in [0.4, 0.5) is 11.5 Å². The third-order valence-electron chi connectivity index (χ3n) is 2.00. The Labute approximate surface area is 90.9 Å². The summed E-state index contributed by atoms with van der Waals surface area (Å²) in [6.07, 6.45) is 3.19. The van der Waals surface area contributed by atoms with Gasteiger partial charge in [0.15, 0.2) is 0 Å². The van der Waals surface area contributed by atoms with Crippen LogP contribution in [-0.4, -0.2) is 14.9 Å². The van der Waals surface area contributed by atoms with Crippen molar-refractivity contribution in [3.63, 3.8) is 0 Å². The number of nitrogens with two attached hydrogens (primary N) is 1. The first-order valence-electron chi connectivity index (χ1n) is 4.49. The molecule has 0 aliphatic heterocycles. The molecule has 0 saturated heterocycles. The van der Waals surface area contributed by atoms with Gasteiger partial charge in [0.2, 0.25) is 0 Å². The Bertz CT molecular complexity index is 528. The van der Waals surface area contributed by atoms with Crippen molar-refractivity contribution < 1.29 is 4.92 Å². The monoisotopic (exact) mass is 216 g/mol. The Morgan fingerprint density at radius 3 is 2.81 bits per heavy atom. The highest BCUT2D eigenvalue weighted by atomic mass is 16.6. The topological polar surface area (TPSA) is 94.9 Å². The molecule has 0 fully saturated rings. The minimum absolute atomic E-state index is 0.0775. The van der Waals surface area contributed by atoms with E-state index in [9.17, 15) is 10.1 Å². The lowest BCUT2D eigenvalue weighted by molar-refractivity contribution is -0.384. The Morgan fingerprint density at radius 1 is 1.38 bits per heavy atom. The van der Waals surface area contributed by atoms with Gasteiger partial charge in [-0.25, -0.2) is 4.98 Å². The predicted octanol–water partition coefficient (Wildman–Crippen LogP) is 1.63. The first kappa shape index (κ1) is 10.0. The van der Waals surface area contributed by atoms with E-state index in [4.69, 9.17) is 5.73 Å². The third kappa shape index (κ3) is 1.95. The van der Waals surface area contributed by atoms with Crippen LogP contribution in [0.5, 0.6) is 0 Å². The molecule has 0 unspecified atom stereocenters. The first-order valence-corrected chi connectivity index (χ1v) is 4.49. The van der Waals surface area contributed by atoms with Crippen LogP contribution in [0.25, 0.3) is 11.3 Å². The number of anilines is 1. The summed E-state index contributed by atoms with van der Waals surface area (Å²) >= 11 is 0. The van der Waals surface area contributed by atoms with E-state index in [-0.39, 0.29) is 11.5 Å². The molecule has 0 bridgehead atoms. The number of hydrogen-bond acceptors (Lipinski definition) is 5. The Morgan fingerprint density at radius 2 is 2.19 bits per heavy atom. The molecule has 2 N–H and O–H groups in total. The van der Waals surface area contributed by atoms with Crippen molar-refractivity contribution in [3.05, 3.63) is 46.8 Å². The van der Waals surface area contributed by atoms with E-state index in [1.807, 2.05) is 0 Å². The van der Waals surface area contributed by atoms with Gasteiger partial charge in [-0.2, -0.15) is 0 Å². The van der Waals surface area contributed by atoms with Gasteiger partial charge in [0.1, 0.15) is 5.82 Å². The second-order valence-electron chi connectivity index (χ2n) is 3.13. The maximum Gasteiger partial charge on any atom is 0.275 e. The molecule has 0 atom stereocenters. The summed E-state index contributed by atoms with van der Waals surface area (Å²) in [5, 5.41) is 10.6. The zero-order valence-corrected chi connectivity index (χ0v) is 8.20. The highest BCUT2D eigenvalue weighted by Gasteiger charge is 2.10. The molecule has 2 rings (SSSR count). The van der Waals surface area contributed by atoms with Gasteiger partial charge in [-0.1, -0.05) is 0 Å². The van der Waals surface area contributed by atoms with Crippen molar-refractivity contribution in [1.82, 2.24) is 9.97 Å². The van der Waals surface area contributed by atoms with E-state index in [0.29, 0.717) is 11.3 Å². The van der Waals surface area contributed by atoms with E-state index in [1.54, 1.807) is 24.5 Å². The third-order valence-corrected chi connectivity index (χ3v) is 2.00. The summed E-state index contributed by atoms with van der Waals surface area (Å²) in [6, 6.07) is 6.08. The van der Waals surface area contributed by atoms with Crippen molar-refractivity contribution >= 4 is 11.5 Å². The van der Waals surface area contributed by atoms with Crippen LogP contribution in [0, 0.1) is 10.1 Å². The van der Waals surface area contributed by atoms with Crippen LogP contribution in [0.1, 0.15) is 0 Å². The lowest BCUT2D eigenvalue weighted by atomic mass is 10.2. The molecule has 80 valence electrons. The molecule has 0 amide bonds. The van der Waals surface area contributed by atoms with Crippen LogP contribution in [0.2, 0.25) is 0 Å². The molecule has 0 aliphatic carbocycles. The minimum Gasteiger partial charge on any atom is -0.383 e. The van der Waals surface area contributed by atoms with Gasteiger partial charge in [0.05, 0.1) is 16.7 Å². The molecular formula is C10H8N4O2. The Hall–Kier alpha value is -2.50. The molecule has 6 nitrogen and oxygen atoms in total. The molecule has 6 heteroatoms. The SMILES string of the molecule is Nc1cc([N+](=O)[O-])cc(-c2cccnc2)n1. The molecular weight excluding hydrogens is 208 g/mol. The molecule has 16 heavy (non-hydrogen) atoms. The first-order chi connectivity index (χ1) is 7.66. The zero-order chi connectivity index (χ0) is 11.5. The van der Waals surface area contributed by atoms with Crippen LogP contribution in [0.15, 0.2) is 36.7 Å². The summed E-state index contributed by atoms with van der Waals surface area (Å²) < 4.78 is 0. The van der Waals surface area contributed by atoms with E-state index in [2.05, 4.69) is 9.97 Å². The maximum atomic E-state index is 10.6. The van der Waals surface area contributed by atoms with Gasteiger partial charge in [0, 0.05) is 24.0 Å². The molecule has 0 spiro atoms. The van der Waals surface area contributed by atoms with Crippen molar-refractivity contribution in [3.8, 4) is 11.3 Å². The van der Waals surface area contributed by atoms with Gasteiger partial charge < -0.3 is 5.73 Å². The fourth-order valence-electron chi connectivity index (χ4n) is 1.30. The number of aromatic nitrogens is 2. The highest BCUT2D eigenvalue weighted by Crippen LogP contribution is 2.23. The van der Waals surface area contributed by atoms with Crippen molar-refractivity contribution in [1.29, 1.82) is 0 Å². The van der Waals surface area contributed by atoms with Gasteiger partial charge in [-0.05, 0) is 12.1 Å². The Balaban J connectivity index is 2.54.